The van der Waals surface area contributed by atoms with E-state index in [-0.39, 0.29) is 5.16 Å². The fourth-order valence-corrected chi connectivity index (χ4v) is 2.87. The molecule has 0 aliphatic carbocycles. The van der Waals surface area contributed by atoms with Crippen LogP contribution >= 0.6 is 10.7 Å². The first kappa shape index (κ1) is 13.0. The van der Waals surface area contributed by atoms with Crippen LogP contribution in [-0.2, 0) is 16.1 Å². The third kappa shape index (κ3) is 2.13. The van der Waals surface area contributed by atoms with Crippen LogP contribution in [-0.4, -0.2) is 23.2 Å². The van der Waals surface area contributed by atoms with Gasteiger partial charge in [-0.25, -0.2) is 8.42 Å². The fraction of sp³-hybridized carbons (Fsp3) is 0.273. The summed E-state index contributed by atoms with van der Waals surface area (Å²) in [5.41, 5.74) is 2.88. The largest absolute Gasteiger partial charge is 0.300 e. The van der Waals surface area contributed by atoms with Crippen LogP contribution in [0.4, 0.5) is 0 Å². The van der Waals surface area contributed by atoms with Crippen LogP contribution in [0.15, 0.2) is 23.4 Å². The molecule has 18 heavy (non-hydrogen) atoms. The Hall–Kier alpha value is -1.40. The highest BCUT2D eigenvalue weighted by molar-refractivity contribution is 8.13. The summed E-state index contributed by atoms with van der Waals surface area (Å²) in [5.74, 6) is 0.491. The van der Waals surface area contributed by atoms with Gasteiger partial charge < -0.3 is 0 Å². The van der Waals surface area contributed by atoms with Gasteiger partial charge in [-0.05, 0) is 25.0 Å². The molecule has 0 aliphatic rings. The number of aryl methyl sites for hydroxylation is 2. The van der Waals surface area contributed by atoms with E-state index in [9.17, 15) is 8.42 Å². The third-order valence-electron chi connectivity index (χ3n) is 2.76. The molecular formula is C11H12ClN3O2S. The van der Waals surface area contributed by atoms with Crippen molar-refractivity contribution in [1.82, 2.24) is 14.8 Å². The minimum absolute atomic E-state index is 0.248. The summed E-state index contributed by atoms with van der Waals surface area (Å²) in [7, 11) is 2.99. The molecule has 0 atom stereocenters. The highest BCUT2D eigenvalue weighted by Gasteiger charge is 2.22. The van der Waals surface area contributed by atoms with E-state index in [1.165, 1.54) is 4.57 Å². The molecule has 0 unspecified atom stereocenters. The van der Waals surface area contributed by atoms with Gasteiger partial charge in [-0.3, -0.25) is 4.57 Å². The van der Waals surface area contributed by atoms with E-state index in [1.54, 1.807) is 7.05 Å². The van der Waals surface area contributed by atoms with Crippen LogP contribution in [0.1, 0.15) is 11.1 Å². The van der Waals surface area contributed by atoms with Gasteiger partial charge in [0.1, 0.15) is 0 Å². The van der Waals surface area contributed by atoms with Crippen molar-refractivity contribution >= 4 is 19.7 Å². The van der Waals surface area contributed by atoms with E-state index in [2.05, 4.69) is 10.2 Å². The van der Waals surface area contributed by atoms with Gasteiger partial charge in [-0.2, -0.15) is 0 Å². The van der Waals surface area contributed by atoms with Crippen molar-refractivity contribution in [2.24, 2.45) is 7.05 Å². The Kier molecular flexibility index (Phi) is 3.16. The lowest BCUT2D eigenvalue weighted by atomic mass is 10.0. The predicted octanol–water partition coefficient (Wildman–Crippen LogP) is 2.03. The van der Waals surface area contributed by atoms with Crippen LogP contribution in [0.3, 0.4) is 0 Å². The Morgan fingerprint density at radius 3 is 2.17 bits per heavy atom. The number of rotatable bonds is 2. The predicted molar refractivity (Wildman–Crippen MR) is 69.0 cm³/mol. The first-order valence-corrected chi connectivity index (χ1v) is 7.54. The maximum absolute atomic E-state index is 11.3. The molecule has 0 saturated heterocycles. The van der Waals surface area contributed by atoms with Crippen LogP contribution in [0.5, 0.6) is 0 Å². The van der Waals surface area contributed by atoms with Crippen molar-refractivity contribution in [1.29, 1.82) is 0 Å². The molecule has 0 amide bonds. The smallest absolute Gasteiger partial charge is 0.296 e. The summed E-state index contributed by atoms with van der Waals surface area (Å²) in [4.78, 5) is 0. The fourth-order valence-electron chi connectivity index (χ4n) is 1.91. The molecule has 0 radical (unpaired) electrons. The standard InChI is InChI=1S/C11H12ClN3O2S/c1-7-5-4-6-8(2)9(7)10-13-14-11(15(10)3)18(12,16)17/h4-6H,1-3H3. The molecule has 0 fully saturated rings. The van der Waals surface area contributed by atoms with E-state index in [0.717, 1.165) is 16.7 Å². The molecular weight excluding hydrogens is 274 g/mol. The Morgan fingerprint density at radius 1 is 1.17 bits per heavy atom. The second-order valence-electron chi connectivity index (χ2n) is 4.07. The summed E-state index contributed by atoms with van der Waals surface area (Å²) in [6, 6.07) is 5.81. The number of benzene rings is 1. The van der Waals surface area contributed by atoms with E-state index in [1.807, 2.05) is 32.0 Å². The van der Waals surface area contributed by atoms with Gasteiger partial charge in [0.25, 0.3) is 14.2 Å². The summed E-state index contributed by atoms with van der Waals surface area (Å²) >= 11 is 0. The lowest BCUT2D eigenvalue weighted by molar-refractivity contribution is 0.593. The Labute approximate surface area is 110 Å². The zero-order valence-corrected chi connectivity index (χ0v) is 11.7. The summed E-state index contributed by atoms with van der Waals surface area (Å²) in [5, 5.41) is 7.31. The van der Waals surface area contributed by atoms with Crippen LogP contribution in [0.25, 0.3) is 11.4 Å². The number of hydrogen-bond donors (Lipinski definition) is 0. The molecule has 0 aliphatic heterocycles. The first-order chi connectivity index (χ1) is 8.32. The SMILES string of the molecule is Cc1cccc(C)c1-c1nnc(S(=O)(=O)Cl)n1C. The molecule has 5 nitrogen and oxygen atoms in total. The van der Waals surface area contributed by atoms with Gasteiger partial charge in [0.15, 0.2) is 5.82 Å². The van der Waals surface area contributed by atoms with E-state index >= 15 is 0 Å². The van der Waals surface area contributed by atoms with Gasteiger partial charge in [-0.1, -0.05) is 18.2 Å². The second-order valence-corrected chi connectivity index (χ2v) is 6.53. The topological polar surface area (TPSA) is 64.8 Å². The first-order valence-electron chi connectivity index (χ1n) is 5.23. The summed E-state index contributed by atoms with van der Waals surface area (Å²) in [6.45, 7) is 3.87. The van der Waals surface area contributed by atoms with Crippen molar-refractivity contribution in [2.45, 2.75) is 19.0 Å². The quantitative estimate of drug-likeness (QED) is 0.792. The summed E-state index contributed by atoms with van der Waals surface area (Å²) in [6.07, 6.45) is 0. The minimum Gasteiger partial charge on any atom is -0.300 e. The van der Waals surface area contributed by atoms with Crippen molar-refractivity contribution in [3.63, 3.8) is 0 Å². The Balaban J connectivity index is 2.71. The Morgan fingerprint density at radius 2 is 1.72 bits per heavy atom. The zero-order chi connectivity index (χ0) is 13.5. The zero-order valence-electron chi connectivity index (χ0n) is 10.2. The van der Waals surface area contributed by atoms with Gasteiger partial charge in [0, 0.05) is 23.3 Å². The van der Waals surface area contributed by atoms with Crippen LogP contribution < -0.4 is 0 Å². The van der Waals surface area contributed by atoms with Crippen molar-refractivity contribution in [3.05, 3.63) is 29.3 Å². The van der Waals surface area contributed by atoms with Gasteiger partial charge in [-0.15, -0.1) is 10.2 Å². The van der Waals surface area contributed by atoms with Gasteiger partial charge in [0.05, 0.1) is 0 Å². The number of hydrogen-bond acceptors (Lipinski definition) is 4. The lowest BCUT2D eigenvalue weighted by Gasteiger charge is -2.08. The van der Waals surface area contributed by atoms with Gasteiger partial charge >= 0.3 is 0 Å². The molecule has 1 aromatic carbocycles. The van der Waals surface area contributed by atoms with Crippen LogP contribution in [0.2, 0.25) is 0 Å². The molecule has 0 spiro atoms. The normalized spacial score (nSPS) is 11.8. The molecule has 0 N–H and O–H groups in total. The van der Waals surface area contributed by atoms with E-state index < -0.39 is 9.05 Å². The molecule has 0 bridgehead atoms. The van der Waals surface area contributed by atoms with Gasteiger partial charge in [0.2, 0.25) is 0 Å². The van der Waals surface area contributed by atoms with E-state index in [4.69, 9.17) is 10.7 Å². The second kappa shape index (κ2) is 4.37. The number of nitrogens with zero attached hydrogens (tertiary/aromatic N) is 3. The molecule has 2 aromatic rings. The number of aromatic nitrogens is 3. The lowest BCUT2D eigenvalue weighted by Crippen LogP contribution is -2.03. The third-order valence-corrected chi connectivity index (χ3v) is 3.96. The van der Waals surface area contributed by atoms with Crippen LogP contribution in [0, 0.1) is 13.8 Å². The maximum atomic E-state index is 11.3. The Bertz CT molecular complexity index is 687. The molecule has 0 saturated carbocycles. The minimum atomic E-state index is -3.88. The molecule has 1 heterocycles. The average Bonchev–Trinajstić information content (AvgIpc) is 2.60. The molecule has 2 rings (SSSR count). The van der Waals surface area contributed by atoms with Crippen molar-refractivity contribution < 1.29 is 8.42 Å². The summed E-state index contributed by atoms with van der Waals surface area (Å²) < 4.78 is 24.0. The number of halogens is 1. The highest BCUT2D eigenvalue weighted by Crippen LogP contribution is 2.27. The monoisotopic (exact) mass is 285 g/mol. The average molecular weight is 286 g/mol. The highest BCUT2D eigenvalue weighted by atomic mass is 35.7. The molecule has 96 valence electrons. The molecule has 7 heteroatoms. The maximum Gasteiger partial charge on any atom is 0.296 e. The van der Waals surface area contributed by atoms with Crippen molar-refractivity contribution in [2.75, 3.05) is 0 Å². The van der Waals surface area contributed by atoms with E-state index in [0.29, 0.717) is 5.82 Å². The molecule has 1 aromatic heterocycles. The van der Waals surface area contributed by atoms with Crippen molar-refractivity contribution in [3.8, 4) is 11.4 Å².